The molecule has 2 unspecified atom stereocenters. The molecule has 0 radical (unpaired) electrons. The summed E-state index contributed by atoms with van der Waals surface area (Å²) in [6, 6.07) is 4.17. The largest absolute Gasteiger partial charge is 0.493 e. The summed E-state index contributed by atoms with van der Waals surface area (Å²) in [7, 11) is 4.70. The van der Waals surface area contributed by atoms with Crippen LogP contribution < -0.4 is 14.2 Å². The number of piperidine rings is 2. The summed E-state index contributed by atoms with van der Waals surface area (Å²) in [6.07, 6.45) is 9.31. The van der Waals surface area contributed by atoms with E-state index >= 15 is 0 Å². The molecule has 3 rings (SSSR count). The molecule has 0 spiro atoms. The van der Waals surface area contributed by atoms with Crippen LogP contribution in [0.4, 0.5) is 0 Å². The van der Waals surface area contributed by atoms with E-state index in [1.165, 1.54) is 44.8 Å². The van der Waals surface area contributed by atoms with Crippen LogP contribution in [0.3, 0.4) is 0 Å². The molecule has 154 valence electrons. The zero-order chi connectivity index (χ0) is 19.9. The Balaban J connectivity index is 1.59. The lowest BCUT2D eigenvalue weighted by atomic mass is 9.84. The van der Waals surface area contributed by atoms with Gasteiger partial charge in [-0.15, -0.1) is 0 Å². The molecule has 28 heavy (non-hydrogen) atoms. The quantitative estimate of drug-likeness (QED) is 0.525. The minimum atomic E-state index is -0.318. The summed E-state index contributed by atoms with van der Waals surface area (Å²) in [6.45, 7) is 2.88. The first-order valence-corrected chi connectivity index (χ1v) is 10.0. The van der Waals surface area contributed by atoms with E-state index < -0.39 is 0 Å². The van der Waals surface area contributed by atoms with Crippen LogP contribution in [0.25, 0.3) is 6.08 Å². The number of methoxy groups -OCH3 is 3. The van der Waals surface area contributed by atoms with Crippen molar-refractivity contribution in [3.63, 3.8) is 0 Å². The van der Waals surface area contributed by atoms with Crippen LogP contribution in [-0.4, -0.2) is 57.9 Å². The predicted octanol–water partition coefficient (Wildman–Crippen LogP) is 3.53. The van der Waals surface area contributed by atoms with E-state index in [2.05, 4.69) is 4.90 Å². The molecule has 2 fully saturated rings. The molecule has 0 N–H and O–H groups in total. The van der Waals surface area contributed by atoms with Gasteiger partial charge in [-0.3, -0.25) is 4.90 Å². The van der Waals surface area contributed by atoms with Crippen molar-refractivity contribution in [2.75, 3.05) is 41.0 Å². The molecule has 2 saturated heterocycles. The Morgan fingerprint density at radius 3 is 2.43 bits per heavy atom. The summed E-state index contributed by atoms with van der Waals surface area (Å²) in [5.74, 6) is 1.76. The van der Waals surface area contributed by atoms with Crippen LogP contribution in [0, 0.1) is 5.92 Å². The molecule has 6 nitrogen and oxygen atoms in total. The summed E-state index contributed by atoms with van der Waals surface area (Å²) in [4.78, 5) is 14.8. The second kappa shape index (κ2) is 9.82. The lowest BCUT2D eigenvalue weighted by Gasteiger charge is -2.44. The average molecular weight is 389 g/mol. The first kappa shape index (κ1) is 20.5. The second-order valence-corrected chi connectivity index (χ2v) is 7.42. The Bertz CT molecular complexity index is 675. The molecule has 2 aliphatic rings. The van der Waals surface area contributed by atoms with E-state index in [0.717, 1.165) is 12.0 Å². The molecule has 6 heteroatoms. The Morgan fingerprint density at radius 1 is 1.04 bits per heavy atom. The van der Waals surface area contributed by atoms with Gasteiger partial charge in [0.05, 0.1) is 27.9 Å². The predicted molar refractivity (Wildman–Crippen MR) is 108 cm³/mol. The smallest absolute Gasteiger partial charge is 0.330 e. The van der Waals surface area contributed by atoms with Gasteiger partial charge in [0.2, 0.25) is 5.75 Å². The molecule has 0 amide bonds. The minimum Gasteiger partial charge on any atom is -0.493 e. The van der Waals surface area contributed by atoms with Crippen LogP contribution in [0.1, 0.15) is 37.7 Å². The van der Waals surface area contributed by atoms with Crippen LogP contribution in [-0.2, 0) is 9.53 Å². The zero-order valence-electron chi connectivity index (χ0n) is 17.1. The van der Waals surface area contributed by atoms with Crippen molar-refractivity contribution in [1.82, 2.24) is 4.90 Å². The fourth-order valence-corrected chi connectivity index (χ4v) is 4.37. The summed E-state index contributed by atoms with van der Waals surface area (Å²) in [5.41, 5.74) is 0.780. The summed E-state index contributed by atoms with van der Waals surface area (Å²) >= 11 is 0. The number of fused-ring (bicyclic) bond motifs is 1. The van der Waals surface area contributed by atoms with Gasteiger partial charge in [0.15, 0.2) is 11.5 Å². The van der Waals surface area contributed by atoms with Gasteiger partial charge in [-0.25, -0.2) is 4.79 Å². The normalized spacial score (nSPS) is 22.5. The third-order valence-corrected chi connectivity index (χ3v) is 5.77. The number of hydrogen-bond acceptors (Lipinski definition) is 6. The molecule has 2 atom stereocenters. The van der Waals surface area contributed by atoms with E-state index in [1.807, 2.05) is 0 Å². The topological polar surface area (TPSA) is 57.2 Å². The first-order valence-electron chi connectivity index (χ1n) is 10.0. The van der Waals surface area contributed by atoms with Gasteiger partial charge in [-0.1, -0.05) is 6.42 Å². The molecular formula is C22H31NO5. The van der Waals surface area contributed by atoms with Crippen molar-refractivity contribution in [2.24, 2.45) is 5.92 Å². The molecule has 0 aromatic heterocycles. The number of ether oxygens (including phenoxy) is 4. The molecule has 0 saturated carbocycles. The van der Waals surface area contributed by atoms with Crippen LogP contribution in [0.15, 0.2) is 18.2 Å². The Morgan fingerprint density at radius 2 is 1.75 bits per heavy atom. The van der Waals surface area contributed by atoms with E-state index in [4.69, 9.17) is 18.9 Å². The number of nitrogens with zero attached hydrogens (tertiary/aromatic N) is 1. The number of carbonyl (C=O) groups excluding carboxylic acids is 1. The van der Waals surface area contributed by atoms with Crippen molar-refractivity contribution < 1.29 is 23.7 Å². The maximum absolute atomic E-state index is 12.2. The fraction of sp³-hybridized carbons (Fsp3) is 0.591. The fourth-order valence-electron chi connectivity index (χ4n) is 4.37. The molecule has 1 aromatic carbocycles. The number of hydrogen-bond donors (Lipinski definition) is 0. The Hall–Kier alpha value is -2.21. The molecule has 0 bridgehead atoms. The summed E-state index contributed by atoms with van der Waals surface area (Å²) < 4.78 is 21.6. The van der Waals surface area contributed by atoms with Crippen molar-refractivity contribution in [3.05, 3.63) is 23.8 Å². The lowest BCUT2D eigenvalue weighted by molar-refractivity contribution is -0.140. The Labute approximate surface area is 167 Å². The van der Waals surface area contributed by atoms with E-state index in [9.17, 15) is 4.79 Å². The van der Waals surface area contributed by atoms with Gasteiger partial charge >= 0.3 is 5.97 Å². The number of esters is 1. The monoisotopic (exact) mass is 389 g/mol. The minimum absolute atomic E-state index is 0.318. The molecule has 1 aromatic rings. The number of rotatable bonds is 7. The highest BCUT2D eigenvalue weighted by molar-refractivity contribution is 5.87. The average Bonchev–Trinajstić information content (AvgIpc) is 2.75. The number of benzene rings is 1. The van der Waals surface area contributed by atoms with Crippen molar-refractivity contribution in [3.8, 4) is 17.2 Å². The van der Waals surface area contributed by atoms with Gasteiger partial charge in [0, 0.05) is 18.0 Å². The van der Waals surface area contributed by atoms with Crippen LogP contribution in [0.2, 0.25) is 0 Å². The van der Waals surface area contributed by atoms with Crippen LogP contribution in [0.5, 0.6) is 17.2 Å². The van der Waals surface area contributed by atoms with Gasteiger partial charge < -0.3 is 18.9 Å². The van der Waals surface area contributed by atoms with E-state index in [-0.39, 0.29) is 5.97 Å². The molecule has 2 aliphatic heterocycles. The molecule has 2 heterocycles. The van der Waals surface area contributed by atoms with Gasteiger partial charge in [-0.2, -0.15) is 0 Å². The third-order valence-electron chi connectivity index (χ3n) is 5.77. The SMILES string of the molecule is COc1cc(/C=C/C(=O)OCC2CCCN3CCCCC23)cc(OC)c1OC. The van der Waals surface area contributed by atoms with Crippen molar-refractivity contribution in [2.45, 2.75) is 38.1 Å². The molecule has 0 aliphatic carbocycles. The van der Waals surface area contributed by atoms with Crippen molar-refractivity contribution in [1.29, 1.82) is 0 Å². The van der Waals surface area contributed by atoms with Crippen LogP contribution >= 0.6 is 0 Å². The van der Waals surface area contributed by atoms with Crippen molar-refractivity contribution >= 4 is 12.0 Å². The molecular weight excluding hydrogens is 358 g/mol. The van der Waals surface area contributed by atoms with E-state index in [1.54, 1.807) is 39.5 Å². The highest BCUT2D eigenvalue weighted by Gasteiger charge is 2.33. The first-order chi connectivity index (χ1) is 13.7. The van der Waals surface area contributed by atoms with Gasteiger partial charge in [-0.05, 0) is 62.5 Å². The zero-order valence-corrected chi connectivity index (χ0v) is 17.1. The second-order valence-electron chi connectivity index (χ2n) is 7.42. The Kier molecular flexibility index (Phi) is 7.20. The van der Waals surface area contributed by atoms with E-state index in [0.29, 0.717) is 35.8 Å². The number of carbonyl (C=O) groups is 1. The lowest BCUT2D eigenvalue weighted by Crippen LogP contribution is -2.49. The highest BCUT2D eigenvalue weighted by atomic mass is 16.5. The third kappa shape index (κ3) is 4.79. The summed E-state index contributed by atoms with van der Waals surface area (Å²) in [5, 5.41) is 0. The standard InChI is InChI=1S/C22H31NO5/c1-25-19-13-16(14-20(26-2)22(19)27-3)9-10-21(24)28-15-17-7-6-12-23-11-5-4-8-18(17)23/h9-10,13-14,17-18H,4-8,11-12,15H2,1-3H3/b10-9+. The highest BCUT2D eigenvalue weighted by Crippen LogP contribution is 2.38. The van der Waals surface area contributed by atoms with Gasteiger partial charge in [0.25, 0.3) is 0 Å². The van der Waals surface area contributed by atoms with Gasteiger partial charge in [0.1, 0.15) is 0 Å². The maximum Gasteiger partial charge on any atom is 0.330 e. The maximum atomic E-state index is 12.2.